The number of aryl methyl sites for hydroxylation is 6. The van der Waals surface area contributed by atoms with Crippen LogP contribution in [0.5, 0.6) is 0 Å². The van der Waals surface area contributed by atoms with E-state index in [1.54, 1.807) is 0 Å². The van der Waals surface area contributed by atoms with Crippen molar-refractivity contribution in [1.29, 1.82) is 0 Å². The van der Waals surface area contributed by atoms with E-state index in [1.165, 1.54) is 164 Å². The van der Waals surface area contributed by atoms with E-state index in [9.17, 15) is 0 Å². The van der Waals surface area contributed by atoms with Crippen LogP contribution in [0.3, 0.4) is 0 Å². The molecule has 2 saturated carbocycles. The summed E-state index contributed by atoms with van der Waals surface area (Å²) < 4.78 is 15.0. The molecule has 2 aliphatic rings. The van der Waals surface area contributed by atoms with Crippen LogP contribution >= 0.6 is 0 Å². The molecule has 0 radical (unpaired) electrons. The third-order valence-corrected chi connectivity index (χ3v) is 20.9. The molecule has 4 heteroatoms. The summed E-state index contributed by atoms with van der Waals surface area (Å²) >= 11 is 0. The molecule has 0 saturated heterocycles. The Kier molecular flexibility index (Phi) is 13.5. The molecule has 0 bridgehead atoms. The molecule has 0 unspecified atom stereocenters. The predicted molar refractivity (Wildman–Crippen MR) is 374 cm³/mol. The molecule has 4 nitrogen and oxygen atoms in total. The summed E-state index contributed by atoms with van der Waals surface area (Å²) in [6.45, 7) is 13.5. The van der Waals surface area contributed by atoms with Gasteiger partial charge in [0.2, 0.25) is 0 Å². The van der Waals surface area contributed by atoms with Crippen LogP contribution in [0.1, 0.15) is 134 Å². The zero-order valence-corrected chi connectivity index (χ0v) is 51.8. The highest BCUT2D eigenvalue weighted by Gasteiger charge is 2.32. The number of para-hydroxylation sites is 4. The van der Waals surface area contributed by atoms with Crippen molar-refractivity contribution in [2.24, 2.45) is 0 Å². The smallest absolute Gasteiger partial charge is 0.159 e. The number of rotatable bonds is 12. The molecular weight excluding hydrogens is 1070 g/mol. The molecule has 0 atom stereocenters. The molecular formula is C84H76N2O2. The molecule has 2 fully saturated rings. The third-order valence-electron chi connectivity index (χ3n) is 20.9. The Bertz CT molecular complexity index is 4720. The fourth-order valence-corrected chi connectivity index (χ4v) is 16.0. The standard InChI is InChI=1S/C84H76N2O2/c1-7-55-23-15-17-29-61(55)65-31-19-33-67-69-35-21-37-75(83(69)87-81(65)67)85(59-41-39-51(3)53(5)47-59)77-49-73(57-25-11-9-12-26-57)63-44-46-72-78(50-74(58-27-13-10-14-28-58)64-43-45-71(77)79(63)80(64)72)86(60-42-40-52(4)54(6)48-60)76-38-22-36-70-68-34-20-32-66(82(68)88-84(70)76)62-30-18-16-24-56(62)8-2/h15-24,29-50,57-58H,7-14,25-28H2,1-6H3. The molecule has 12 aromatic carbocycles. The molecule has 2 aliphatic carbocycles. The zero-order chi connectivity index (χ0) is 59.3. The number of furan rings is 2. The van der Waals surface area contributed by atoms with Crippen molar-refractivity contribution >= 4 is 110 Å². The van der Waals surface area contributed by atoms with Crippen molar-refractivity contribution in [2.75, 3.05) is 9.80 Å². The van der Waals surface area contributed by atoms with Gasteiger partial charge < -0.3 is 18.6 Å². The van der Waals surface area contributed by atoms with Gasteiger partial charge >= 0.3 is 0 Å². The van der Waals surface area contributed by atoms with E-state index in [0.717, 1.165) is 90.6 Å². The number of hydrogen-bond acceptors (Lipinski definition) is 4. The molecule has 14 aromatic rings. The lowest BCUT2D eigenvalue weighted by molar-refractivity contribution is 0.445. The minimum Gasteiger partial charge on any atom is -0.453 e. The van der Waals surface area contributed by atoms with Crippen molar-refractivity contribution in [2.45, 2.75) is 130 Å². The second kappa shape index (κ2) is 21.9. The first-order valence-corrected chi connectivity index (χ1v) is 32.8. The number of fused-ring (bicyclic) bond motifs is 6. The number of hydrogen-bond donors (Lipinski definition) is 0. The van der Waals surface area contributed by atoms with E-state index in [0.29, 0.717) is 11.8 Å². The van der Waals surface area contributed by atoms with Gasteiger partial charge in [0.05, 0.1) is 22.7 Å². The minimum atomic E-state index is 0.422. The predicted octanol–water partition coefficient (Wildman–Crippen LogP) is 25.1. The summed E-state index contributed by atoms with van der Waals surface area (Å²) in [5, 5.41) is 12.5. The van der Waals surface area contributed by atoms with Crippen molar-refractivity contribution in [3.05, 3.63) is 239 Å². The molecule has 88 heavy (non-hydrogen) atoms. The molecule has 0 amide bonds. The van der Waals surface area contributed by atoms with Gasteiger partial charge in [0.25, 0.3) is 0 Å². The summed E-state index contributed by atoms with van der Waals surface area (Å²) in [6, 6.07) is 74.2. The van der Waals surface area contributed by atoms with Crippen LogP contribution in [0.4, 0.5) is 34.1 Å². The van der Waals surface area contributed by atoms with E-state index in [-0.39, 0.29) is 0 Å². The average molecular weight is 1150 g/mol. The first-order valence-electron chi connectivity index (χ1n) is 32.8. The molecule has 0 N–H and O–H groups in total. The fraction of sp³-hybridized carbons (Fsp3) is 0.238. The van der Waals surface area contributed by atoms with Crippen molar-refractivity contribution in [3.63, 3.8) is 0 Å². The van der Waals surface area contributed by atoms with Gasteiger partial charge in [-0.05, 0) is 204 Å². The third kappa shape index (κ3) is 8.75. The van der Waals surface area contributed by atoms with Crippen LogP contribution in [0, 0.1) is 27.7 Å². The minimum absolute atomic E-state index is 0.422. The maximum absolute atomic E-state index is 7.48. The van der Waals surface area contributed by atoms with Gasteiger partial charge in [-0.15, -0.1) is 0 Å². The number of nitrogens with zero attached hydrogens (tertiary/aromatic N) is 2. The maximum atomic E-state index is 7.48. The molecule has 434 valence electrons. The van der Waals surface area contributed by atoms with Gasteiger partial charge in [-0.25, -0.2) is 0 Å². The Morgan fingerprint density at radius 3 is 1.10 bits per heavy atom. The van der Waals surface area contributed by atoms with Crippen LogP contribution in [-0.4, -0.2) is 0 Å². The van der Waals surface area contributed by atoms with E-state index in [1.807, 2.05) is 0 Å². The normalized spacial score (nSPS) is 14.5. The summed E-state index contributed by atoms with van der Waals surface area (Å²) in [5.41, 5.74) is 25.7. The second-order valence-electron chi connectivity index (χ2n) is 25.8. The van der Waals surface area contributed by atoms with Crippen LogP contribution in [0.25, 0.3) is 98.4 Å². The molecule has 2 aromatic heterocycles. The SMILES string of the molecule is CCc1ccccc1-c1cccc2c1oc1c(N(c3ccc(C)c(C)c3)c3cc(C4CCCCC4)c4ccc5c(N(c6ccc(C)c(C)c6)c6cccc7c6oc6c(-c8ccccc8CC)cccc67)cc(C6CCCCC6)c6ccc3c4c65)cccc12. The van der Waals surface area contributed by atoms with Gasteiger partial charge in [0, 0.05) is 54.8 Å². The number of benzene rings is 12. The Hall–Kier alpha value is -9.12. The highest BCUT2D eigenvalue weighted by molar-refractivity contribution is 6.30. The molecule has 16 rings (SSSR count). The summed E-state index contributed by atoms with van der Waals surface area (Å²) in [6.07, 6.45) is 14.2. The first kappa shape index (κ1) is 54.3. The topological polar surface area (TPSA) is 32.8 Å². The quantitative estimate of drug-likeness (QED) is 0.114. The summed E-state index contributed by atoms with van der Waals surface area (Å²) in [7, 11) is 0. The molecule has 0 spiro atoms. The second-order valence-corrected chi connectivity index (χ2v) is 25.8. The van der Waals surface area contributed by atoms with Crippen molar-refractivity contribution in [3.8, 4) is 22.3 Å². The first-order chi connectivity index (χ1) is 43.2. The van der Waals surface area contributed by atoms with Crippen LogP contribution < -0.4 is 9.80 Å². The average Bonchev–Trinajstić information content (AvgIpc) is 0.820. The van der Waals surface area contributed by atoms with Crippen LogP contribution in [0.15, 0.2) is 203 Å². The zero-order valence-electron chi connectivity index (χ0n) is 51.8. The largest absolute Gasteiger partial charge is 0.453 e. The maximum Gasteiger partial charge on any atom is 0.159 e. The highest BCUT2D eigenvalue weighted by Crippen LogP contribution is 2.55. The summed E-state index contributed by atoms with van der Waals surface area (Å²) in [4.78, 5) is 5.16. The van der Waals surface area contributed by atoms with E-state index < -0.39 is 0 Å². The Morgan fingerprint density at radius 2 is 0.693 bits per heavy atom. The molecule has 2 heterocycles. The lowest BCUT2D eigenvalue weighted by atomic mass is 9.77. The van der Waals surface area contributed by atoms with Gasteiger partial charge in [-0.2, -0.15) is 0 Å². The Labute approximate surface area is 517 Å². The van der Waals surface area contributed by atoms with E-state index in [2.05, 4.69) is 245 Å². The molecule has 0 aliphatic heterocycles. The fourth-order valence-electron chi connectivity index (χ4n) is 16.0. The highest BCUT2D eigenvalue weighted by atomic mass is 16.3. The van der Waals surface area contributed by atoms with Crippen molar-refractivity contribution in [1.82, 2.24) is 0 Å². The van der Waals surface area contributed by atoms with Gasteiger partial charge in [0.1, 0.15) is 11.2 Å². The van der Waals surface area contributed by atoms with Crippen LogP contribution in [-0.2, 0) is 12.8 Å². The van der Waals surface area contributed by atoms with Gasteiger partial charge in [-0.1, -0.05) is 198 Å². The van der Waals surface area contributed by atoms with Gasteiger partial charge in [0.15, 0.2) is 11.2 Å². The van der Waals surface area contributed by atoms with Gasteiger partial charge in [-0.3, -0.25) is 0 Å². The Morgan fingerprint density at radius 1 is 0.318 bits per heavy atom. The van der Waals surface area contributed by atoms with E-state index in [4.69, 9.17) is 8.83 Å². The van der Waals surface area contributed by atoms with Crippen molar-refractivity contribution < 1.29 is 8.83 Å². The lowest BCUT2D eigenvalue weighted by Gasteiger charge is -2.33. The van der Waals surface area contributed by atoms with E-state index >= 15 is 0 Å². The van der Waals surface area contributed by atoms with Crippen LogP contribution in [0.2, 0.25) is 0 Å². The number of anilines is 6. The summed E-state index contributed by atoms with van der Waals surface area (Å²) in [5.74, 6) is 0.845. The Balaban J connectivity index is 1.01. The lowest BCUT2D eigenvalue weighted by Crippen LogP contribution is -2.15. The monoisotopic (exact) mass is 1140 g/mol.